The first-order chi connectivity index (χ1) is 46.9. The maximum Gasteiger partial charge on any atom is 0.407 e. The molecule has 2 heterocycles. The summed E-state index contributed by atoms with van der Waals surface area (Å²) in [5.74, 6) is -6.13. The second-order valence-electron chi connectivity index (χ2n) is 27.1. The van der Waals surface area contributed by atoms with Gasteiger partial charge in [-0.2, -0.15) is 0 Å². The van der Waals surface area contributed by atoms with Crippen LogP contribution in [-0.4, -0.2) is 207 Å². The van der Waals surface area contributed by atoms with Crippen LogP contribution in [-0.2, 0) is 64.0 Å². The number of nitrogens with zero attached hydrogens (tertiary/aromatic N) is 4. The number of fused-ring (bicyclic) bond motifs is 1. The van der Waals surface area contributed by atoms with E-state index in [1.165, 1.54) is 26.4 Å². The number of likely N-dealkylation sites (tertiary alicyclic amines) is 1. The third-order valence-electron chi connectivity index (χ3n) is 18.5. The van der Waals surface area contributed by atoms with E-state index in [1.54, 1.807) is 74.0 Å². The number of urea groups is 1. The van der Waals surface area contributed by atoms with Gasteiger partial charge in [0.25, 0.3) is 11.8 Å². The zero-order valence-corrected chi connectivity index (χ0v) is 60.0. The molecule has 0 saturated carbocycles. The lowest BCUT2D eigenvalue weighted by Crippen LogP contribution is -2.59. The van der Waals surface area contributed by atoms with Gasteiger partial charge in [-0.15, -0.1) is 0 Å². The third-order valence-corrected chi connectivity index (χ3v) is 18.5. The molecular formula is C72H106N12O15. The summed E-state index contributed by atoms with van der Waals surface area (Å²) < 4.78 is 17.9. The lowest BCUT2D eigenvalue weighted by Gasteiger charge is -2.41. The van der Waals surface area contributed by atoms with Crippen LogP contribution in [0.4, 0.5) is 15.3 Å². The number of Topliss-reactive ketones (excluding diaryl/α,β-unsaturated/α-hetero) is 1. The number of amides is 12. The number of nitrogens with two attached hydrogens (primary N) is 1. The summed E-state index contributed by atoms with van der Waals surface area (Å²) in [5, 5.41) is 21.3. The monoisotopic (exact) mass is 1380 g/mol. The highest BCUT2D eigenvalue weighted by Crippen LogP contribution is 2.31. The van der Waals surface area contributed by atoms with Gasteiger partial charge in [0, 0.05) is 70.7 Å². The zero-order valence-electron chi connectivity index (χ0n) is 60.0. The van der Waals surface area contributed by atoms with E-state index in [1.807, 2.05) is 90.9 Å². The third kappa shape index (κ3) is 23.7. The quantitative estimate of drug-likeness (QED) is 0.0207. The van der Waals surface area contributed by atoms with Crippen molar-refractivity contribution in [1.82, 2.24) is 51.5 Å². The second kappa shape index (κ2) is 39.1. The lowest BCUT2D eigenvalue weighted by atomic mass is 9.89. The Labute approximate surface area is 581 Å². The fraction of sp³-hybridized carbons (Fsp3) is 0.583. The molecule has 1 saturated heterocycles. The minimum Gasteiger partial charge on any atom is -0.445 e. The normalized spacial score (nSPS) is 17.3. The predicted octanol–water partition coefficient (Wildman–Crippen LogP) is 5.19. The molecule has 0 aromatic heterocycles. The second-order valence-corrected chi connectivity index (χ2v) is 27.1. The van der Waals surface area contributed by atoms with E-state index in [2.05, 4.69) is 37.2 Å². The molecule has 1 fully saturated rings. The highest BCUT2D eigenvalue weighted by atomic mass is 16.5. The number of primary amides is 1. The van der Waals surface area contributed by atoms with E-state index >= 15 is 4.79 Å². The summed E-state index contributed by atoms with van der Waals surface area (Å²) in [5.41, 5.74) is 6.53. The van der Waals surface area contributed by atoms with Crippen molar-refractivity contribution in [2.24, 2.45) is 35.3 Å². The molecule has 0 spiro atoms. The average Bonchev–Trinajstić information content (AvgIpc) is 1.71. The number of ether oxygens (including phenoxy) is 3. The van der Waals surface area contributed by atoms with Crippen LogP contribution in [0.25, 0.3) is 10.8 Å². The summed E-state index contributed by atoms with van der Waals surface area (Å²) in [6, 6.07) is 12.8. The van der Waals surface area contributed by atoms with Crippen LogP contribution in [0.15, 0.2) is 78.9 Å². The van der Waals surface area contributed by atoms with Crippen LogP contribution in [0.3, 0.4) is 0 Å². The molecule has 2 aliphatic heterocycles. The fourth-order valence-electron chi connectivity index (χ4n) is 12.8. The van der Waals surface area contributed by atoms with Crippen molar-refractivity contribution in [2.45, 2.75) is 181 Å². The minimum atomic E-state index is -1.13. The molecule has 3 aromatic rings. The maximum absolute atomic E-state index is 15.1. The Kier molecular flexibility index (Phi) is 31.9. The lowest BCUT2D eigenvalue weighted by molar-refractivity contribution is -0.148. The Morgan fingerprint density at radius 1 is 0.697 bits per heavy atom. The van der Waals surface area contributed by atoms with Gasteiger partial charge in [0.1, 0.15) is 24.7 Å². The molecule has 0 unspecified atom stereocenters. The molecular weight excluding hydrogens is 1270 g/mol. The number of methoxy groups -OCH3 is 2. The molecule has 0 bridgehead atoms. The van der Waals surface area contributed by atoms with Gasteiger partial charge >= 0.3 is 12.1 Å². The Balaban J connectivity index is 1.29. The van der Waals surface area contributed by atoms with E-state index in [4.69, 9.17) is 19.9 Å². The Morgan fingerprint density at radius 3 is 1.95 bits per heavy atom. The molecule has 12 amide bonds. The van der Waals surface area contributed by atoms with E-state index in [-0.39, 0.29) is 118 Å². The number of anilines is 1. The smallest absolute Gasteiger partial charge is 0.407 e. The number of ketones is 1. The number of alkyl carbamates (subject to hydrolysis) is 1. The number of hydrogen-bond donors (Lipinski definition) is 8. The first kappa shape index (κ1) is 80.9. The van der Waals surface area contributed by atoms with Crippen molar-refractivity contribution >= 4 is 87.5 Å². The average molecular weight is 1380 g/mol. The standard InChI is InChI=1S/C72H106N12O15/c1-15-45(8)64(82(12)70(94)62(43(4)5)80-69(93)63(44(6)7)81(10)11)56(97-13)38-60(89)84-40-52(37-54(84)65(98-14)46(9)66(90)75-39-55(85)50-29-28-48-22-18-19-23-49(48)36-50)77-72(96)99-41-47-26-30-51(31-27-47)76-67(91)53(24-21-34-74-71(73)95)78-68(92)61(42(2)3)79-57(86)25-17-16-20-35-83-58(87)32-33-59(83)88/h18-19,22-23,26-33,36,42-46,52-54,56,61-65H,15-17,20-21,24-25,34-35,37-41H2,1-14H3,(H,75,90)(H,76,91)(H,77,96)(H,78,92)(H,79,86)(H,80,93)(H3,73,74,95)/t45-,46+,52-,53-,54-,56+,61-,62-,63-,64-,65+/m0/s1. The first-order valence-corrected chi connectivity index (χ1v) is 34.3. The highest BCUT2D eigenvalue weighted by molar-refractivity contribution is 6.13. The van der Waals surface area contributed by atoms with Crippen LogP contribution in [0.2, 0.25) is 0 Å². The van der Waals surface area contributed by atoms with E-state index in [0.717, 1.165) is 15.7 Å². The SMILES string of the molecule is CC[C@H](C)[C@@H]([C@@H](CC(=O)N1C[C@@H](NC(=O)OCc2ccc(NC(=O)[C@H](CCCNC(N)=O)NC(=O)[C@@H](NC(=O)CCCCCN3C(=O)C=CC3=O)C(C)C)cc2)C[C@H]1[C@H](OC)[C@@H](C)C(=O)NCC(=O)c1ccc2ccccc2c1)OC)N(C)C(=O)[C@@H](NC(=O)[C@H](C(C)C)N(C)C)C(C)C. The van der Waals surface area contributed by atoms with E-state index in [0.29, 0.717) is 42.5 Å². The van der Waals surface area contributed by atoms with Gasteiger partial charge in [-0.1, -0.05) is 124 Å². The van der Waals surface area contributed by atoms with Gasteiger partial charge in [0.15, 0.2) is 5.78 Å². The minimum absolute atomic E-state index is 0.0459. The summed E-state index contributed by atoms with van der Waals surface area (Å²) in [6.45, 7) is 16.4. The Hall–Kier alpha value is -8.82. The number of likely N-dealkylation sites (N-methyl/N-ethyl adjacent to an activating group) is 2. The summed E-state index contributed by atoms with van der Waals surface area (Å²) in [7, 11) is 8.16. The van der Waals surface area contributed by atoms with Crippen molar-refractivity contribution in [3.05, 3.63) is 90.0 Å². The van der Waals surface area contributed by atoms with Gasteiger partial charge in [-0.05, 0) is 104 Å². The summed E-state index contributed by atoms with van der Waals surface area (Å²) >= 11 is 0. The first-order valence-electron chi connectivity index (χ1n) is 34.3. The van der Waals surface area contributed by atoms with Crippen LogP contribution >= 0.6 is 0 Å². The predicted molar refractivity (Wildman–Crippen MR) is 374 cm³/mol. The number of rotatable bonds is 39. The Morgan fingerprint density at radius 2 is 1.35 bits per heavy atom. The van der Waals surface area contributed by atoms with E-state index in [9.17, 15) is 52.7 Å². The van der Waals surface area contributed by atoms with Gasteiger partial charge in [0.05, 0.1) is 55.3 Å². The van der Waals surface area contributed by atoms with Crippen molar-refractivity contribution in [1.29, 1.82) is 0 Å². The molecule has 2 aliphatic rings. The van der Waals surface area contributed by atoms with Crippen molar-refractivity contribution in [2.75, 3.05) is 66.9 Å². The van der Waals surface area contributed by atoms with E-state index < -0.39 is 102 Å². The number of unbranched alkanes of at least 4 members (excludes halogenated alkanes) is 2. The molecule has 99 heavy (non-hydrogen) atoms. The van der Waals surface area contributed by atoms with Crippen molar-refractivity contribution in [3.8, 4) is 0 Å². The molecule has 544 valence electrons. The number of benzene rings is 3. The number of carbonyl (C=O) groups is 12. The largest absolute Gasteiger partial charge is 0.445 e. The molecule has 27 nitrogen and oxygen atoms in total. The van der Waals surface area contributed by atoms with Crippen molar-refractivity contribution < 1.29 is 71.7 Å². The molecule has 5 rings (SSSR count). The van der Waals surface area contributed by atoms with Gasteiger partial charge < -0.3 is 67.0 Å². The highest BCUT2D eigenvalue weighted by Gasteiger charge is 2.46. The van der Waals surface area contributed by atoms with Crippen LogP contribution in [0.5, 0.6) is 0 Å². The number of imide groups is 1. The van der Waals surface area contributed by atoms with Crippen LogP contribution in [0, 0.1) is 29.6 Å². The van der Waals surface area contributed by atoms with Crippen molar-refractivity contribution in [3.63, 3.8) is 0 Å². The fourth-order valence-corrected chi connectivity index (χ4v) is 12.8. The number of nitrogens with one attached hydrogen (secondary N) is 7. The maximum atomic E-state index is 15.1. The van der Waals surface area contributed by atoms with Gasteiger partial charge in [-0.25, -0.2) is 9.59 Å². The zero-order chi connectivity index (χ0) is 73.4. The molecule has 0 aliphatic carbocycles. The molecule has 27 heteroatoms. The van der Waals surface area contributed by atoms with Crippen LogP contribution < -0.4 is 43.0 Å². The summed E-state index contributed by atoms with van der Waals surface area (Å²) in [4.78, 5) is 167. The molecule has 0 radical (unpaired) electrons. The van der Waals surface area contributed by atoms with Gasteiger partial charge in [0.2, 0.25) is 41.4 Å². The molecule has 3 aromatic carbocycles. The number of carbonyl (C=O) groups excluding carboxylic acids is 12. The number of hydrogen-bond acceptors (Lipinski definition) is 16. The van der Waals surface area contributed by atoms with Gasteiger partial charge in [-0.3, -0.25) is 57.7 Å². The topological polar surface area (TPSA) is 356 Å². The molecule has 11 atom stereocenters. The summed E-state index contributed by atoms with van der Waals surface area (Å²) in [6.07, 6.45) is 2.10. The molecule has 9 N–H and O–H groups in total. The Bertz CT molecular complexity index is 3300. The van der Waals surface area contributed by atoms with Crippen LogP contribution in [0.1, 0.15) is 136 Å².